The first-order valence-electron chi connectivity index (χ1n) is 8.63. The summed E-state index contributed by atoms with van der Waals surface area (Å²) in [5.41, 5.74) is -0.976. The fraction of sp³-hybridized carbons (Fsp3) is 0.882. The number of rotatable bonds is 6. The molecule has 2 aliphatic rings. The lowest BCUT2D eigenvalue weighted by molar-refractivity contribution is -0.148. The lowest BCUT2D eigenvalue weighted by atomic mass is 9.79. The van der Waals surface area contributed by atoms with Crippen LogP contribution in [0, 0.1) is 11.8 Å². The van der Waals surface area contributed by atoms with Crippen LogP contribution in [-0.2, 0) is 9.59 Å². The van der Waals surface area contributed by atoms with Crippen molar-refractivity contribution in [1.29, 1.82) is 0 Å². The van der Waals surface area contributed by atoms with E-state index in [1.54, 1.807) is 0 Å². The summed E-state index contributed by atoms with van der Waals surface area (Å²) in [7, 11) is 0. The van der Waals surface area contributed by atoms with E-state index in [4.69, 9.17) is 0 Å². The Labute approximate surface area is 127 Å². The quantitative estimate of drug-likeness (QED) is 0.788. The van der Waals surface area contributed by atoms with Crippen LogP contribution in [0.5, 0.6) is 0 Å². The van der Waals surface area contributed by atoms with E-state index in [1.807, 2.05) is 0 Å². The Kier molecular flexibility index (Phi) is 5.65. The molecule has 0 saturated heterocycles. The number of carboxylic acid groups (broad SMARTS) is 1. The number of aliphatic carboxylic acids is 1. The van der Waals surface area contributed by atoms with E-state index >= 15 is 0 Å². The number of hydrogen-bond donors (Lipinski definition) is 2. The van der Waals surface area contributed by atoms with E-state index in [0.717, 1.165) is 44.4 Å². The van der Waals surface area contributed by atoms with Gasteiger partial charge in [-0.1, -0.05) is 39.0 Å². The van der Waals surface area contributed by atoms with Crippen molar-refractivity contribution in [3.63, 3.8) is 0 Å². The molecule has 2 rings (SSSR count). The molecule has 0 aromatic carbocycles. The maximum Gasteiger partial charge on any atom is 0.329 e. The maximum atomic E-state index is 12.4. The van der Waals surface area contributed by atoms with Crippen molar-refractivity contribution in [2.45, 2.75) is 83.1 Å². The Bertz CT molecular complexity index is 366. The van der Waals surface area contributed by atoms with Crippen LogP contribution >= 0.6 is 0 Å². The molecule has 2 N–H and O–H groups in total. The Morgan fingerprint density at radius 2 is 1.76 bits per heavy atom. The van der Waals surface area contributed by atoms with Gasteiger partial charge in [-0.25, -0.2) is 4.79 Å². The van der Waals surface area contributed by atoms with Crippen molar-refractivity contribution < 1.29 is 14.7 Å². The van der Waals surface area contributed by atoms with Gasteiger partial charge in [-0.15, -0.1) is 0 Å². The van der Waals surface area contributed by atoms with Gasteiger partial charge in [0.05, 0.1) is 0 Å². The van der Waals surface area contributed by atoms with Crippen LogP contribution in [0.4, 0.5) is 0 Å². The number of amides is 1. The van der Waals surface area contributed by atoms with E-state index in [2.05, 4.69) is 12.2 Å². The van der Waals surface area contributed by atoms with Gasteiger partial charge in [0.1, 0.15) is 5.54 Å². The van der Waals surface area contributed by atoms with Gasteiger partial charge in [0.15, 0.2) is 0 Å². The monoisotopic (exact) mass is 295 g/mol. The first-order valence-corrected chi connectivity index (χ1v) is 8.63. The van der Waals surface area contributed by atoms with Gasteiger partial charge < -0.3 is 10.4 Å². The SMILES string of the molecule is CCCCC1CCC(C(=O)NC2(C(=O)O)CCCC2)CC1. The number of carbonyl (C=O) groups is 2. The number of carboxylic acids is 1. The van der Waals surface area contributed by atoms with E-state index in [-0.39, 0.29) is 11.8 Å². The number of hydrogen-bond acceptors (Lipinski definition) is 2. The molecule has 0 heterocycles. The van der Waals surface area contributed by atoms with Crippen molar-refractivity contribution in [3.8, 4) is 0 Å². The summed E-state index contributed by atoms with van der Waals surface area (Å²) in [4.78, 5) is 23.9. The van der Waals surface area contributed by atoms with Crippen LogP contribution in [0.25, 0.3) is 0 Å². The van der Waals surface area contributed by atoms with Crippen molar-refractivity contribution in [2.75, 3.05) is 0 Å². The topological polar surface area (TPSA) is 66.4 Å². The van der Waals surface area contributed by atoms with E-state index in [9.17, 15) is 14.7 Å². The van der Waals surface area contributed by atoms with Crippen LogP contribution in [-0.4, -0.2) is 22.5 Å². The fourth-order valence-corrected chi connectivity index (χ4v) is 3.91. The molecule has 0 spiro atoms. The third-order valence-corrected chi connectivity index (χ3v) is 5.41. The molecule has 0 bridgehead atoms. The molecule has 0 unspecified atom stereocenters. The van der Waals surface area contributed by atoms with Gasteiger partial charge in [0.25, 0.3) is 0 Å². The molecule has 0 atom stereocenters. The summed E-state index contributed by atoms with van der Waals surface area (Å²) < 4.78 is 0. The van der Waals surface area contributed by atoms with Crippen LogP contribution in [0.15, 0.2) is 0 Å². The summed E-state index contributed by atoms with van der Waals surface area (Å²) in [5, 5.41) is 12.3. The van der Waals surface area contributed by atoms with Gasteiger partial charge in [0, 0.05) is 5.92 Å². The summed E-state index contributed by atoms with van der Waals surface area (Å²) in [6.45, 7) is 2.21. The fourth-order valence-electron chi connectivity index (χ4n) is 3.91. The lowest BCUT2D eigenvalue weighted by Gasteiger charge is -2.31. The zero-order valence-electron chi connectivity index (χ0n) is 13.2. The van der Waals surface area contributed by atoms with Crippen molar-refractivity contribution >= 4 is 11.9 Å². The molecule has 21 heavy (non-hydrogen) atoms. The van der Waals surface area contributed by atoms with E-state index in [0.29, 0.717) is 12.8 Å². The van der Waals surface area contributed by atoms with Crippen molar-refractivity contribution in [1.82, 2.24) is 5.32 Å². The van der Waals surface area contributed by atoms with Crippen LogP contribution in [0.2, 0.25) is 0 Å². The van der Waals surface area contributed by atoms with Gasteiger partial charge in [-0.2, -0.15) is 0 Å². The number of carbonyl (C=O) groups excluding carboxylic acids is 1. The van der Waals surface area contributed by atoms with Crippen LogP contribution in [0.3, 0.4) is 0 Å². The second-order valence-corrected chi connectivity index (χ2v) is 6.94. The molecule has 2 saturated carbocycles. The van der Waals surface area contributed by atoms with Gasteiger partial charge in [-0.05, 0) is 44.4 Å². The van der Waals surface area contributed by atoms with Crippen LogP contribution < -0.4 is 5.32 Å². The highest BCUT2D eigenvalue weighted by molar-refractivity contribution is 5.88. The molecule has 0 aliphatic heterocycles. The van der Waals surface area contributed by atoms with Gasteiger partial charge in [0.2, 0.25) is 5.91 Å². The maximum absolute atomic E-state index is 12.4. The molecule has 120 valence electrons. The summed E-state index contributed by atoms with van der Waals surface area (Å²) >= 11 is 0. The minimum atomic E-state index is -0.976. The molecule has 4 heteroatoms. The molecule has 0 aromatic heterocycles. The second-order valence-electron chi connectivity index (χ2n) is 6.94. The third kappa shape index (κ3) is 3.98. The molecule has 2 aliphatic carbocycles. The predicted octanol–water partition coefficient (Wildman–Crippen LogP) is 3.50. The Morgan fingerprint density at radius 3 is 2.29 bits per heavy atom. The standard InChI is InChI=1S/C17H29NO3/c1-2-3-6-13-7-9-14(10-8-13)15(19)18-17(16(20)21)11-4-5-12-17/h13-14H,2-12H2,1H3,(H,18,19)(H,20,21). The zero-order chi connectivity index (χ0) is 15.3. The van der Waals surface area contributed by atoms with Gasteiger partial charge in [-0.3, -0.25) is 4.79 Å². The summed E-state index contributed by atoms with van der Waals surface area (Å²) in [5.74, 6) is -0.0770. The van der Waals surface area contributed by atoms with E-state index < -0.39 is 11.5 Å². The summed E-state index contributed by atoms with van der Waals surface area (Å²) in [6, 6.07) is 0. The zero-order valence-corrected chi connectivity index (χ0v) is 13.2. The Hall–Kier alpha value is -1.06. The third-order valence-electron chi connectivity index (χ3n) is 5.41. The molecule has 2 fully saturated rings. The predicted molar refractivity (Wildman–Crippen MR) is 82.0 cm³/mol. The molecule has 4 nitrogen and oxygen atoms in total. The van der Waals surface area contributed by atoms with Crippen LogP contribution in [0.1, 0.15) is 77.6 Å². The lowest BCUT2D eigenvalue weighted by Crippen LogP contribution is -2.54. The van der Waals surface area contributed by atoms with Crippen molar-refractivity contribution in [3.05, 3.63) is 0 Å². The Morgan fingerprint density at radius 1 is 1.14 bits per heavy atom. The normalized spacial score (nSPS) is 28.2. The molecular weight excluding hydrogens is 266 g/mol. The molecular formula is C17H29NO3. The largest absolute Gasteiger partial charge is 0.480 e. The number of unbranched alkanes of at least 4 members (excludes halogenated alkanes) is 1. The molecule has 0 aromatic rings. The number of nitrogens with one attached hydrogen (secondary N) is 1. The van der Waals surface area contributed by atoms with Gasteiger partial charge >= 0.3 is 5.97 Å². The second kappa shape index (κ2) is 7.28. The minimum absolute atomic E-state index is 0.0201. The first kappa shape index (κ1) is 16.3. The molecule has 0 radical (unpaired) electrons. The average molecular weight is 295 g/mol. The smallest absolute Gasteiger partial charge is 0.329 e. The molecule has 1 amide bonds. The van der Waals surface area contributed by atoms with Crippen molar-refractivity contribution in [2.24, 2.45) is 11.8 Å². The average Bonchev–Trinajstić information content (AvgIpc) is 2.95. The highest BCUT2D eigenvalue weighted by Gasteiger charge is 2.43. The minimum Gasteiger partial charge on any atom is -0.480 e. The Balaban J connectivity index is 1.83. The van der Waals surface area contributed by atoms with E-state index in [1.165, 1.54) is 19.3 Å². The highest BCUT2D eigenvalue weighted by Crippen LogP contribution is 2.34. The summed E-state index contributed by atoms with van der Waals surface area (Å²) in [6.07, 6.45) is 10.9. The first-order chi connectivity index (χ1) is 10.1. The highest BCUT2D eigenvalue weighted by atomic mass is 16.4.